The van der Waals surface area contributed by atoms with Crippen LogP contribution in [0.4, 0.5) is 17.6 Å². The Balaban J connectivity index is 2.70. The van der Waals surface area contributed by atoms with Crippen molar-refractivity contribution in [2.45, 2.75) is 19.3 Å². The van der Waals surface area contributed by atoms with Gasteiger partial charge in [0.1, 0.15) is 5.75 Å². The van der Waals surface area contributed by atoms with Gasteiger partial charge in [0.25, 0.3) is 0 Å². The van der Waals surface area contributed by atoms with Crippen molar-refractivity contribution in [1.82, 2.24) is 0 Å². The summed E-state index contributed by atoms with van der Waals surface area (Å²) >= 11 is 0. The molecule has 0 saturated carbocycles. The molecule has 0 amide bonds. The molecule has 7 heteroatoms. The van der Waals surface area contributed by atoms with Gasteiger partial charge in [0, 0.05) is 0 Å². The van der Waals surface area contributed by atoms with Crippen LogP contribution in [-0.4, -0.2) is 31.5 Å². The van der Waals surface area contributed by atoms with Crippen molar-refractivity contribution in [2.75, 3.05) is 13.2 Å². The fourth-order valence-electron chi connectivity index (χ4n) is 1.17. The maximum Gasteiger partial charge on any atom is 0.340 e. The van der Waals surface area contributed by atoms with Crippen LogP contribution in [0.25, 0.3) is 0 Å². The summed E-state index contributed by atoms with van der Waals surface area (Å²) < 4.78 is 58.4. The van der Waals surface area contributed by atoms with Gasteiger partial charge in [0.2, 0.25) is 0 Å². The number of alkyl halides is 4. The maximum absolute atomic E-state index is 12.6. The number of rotatable bonds is 6. The van der Waals surface area contributed by atoms with E-state index in [0.29, 0.717) is 0 Å². The molecule has 0 heterocycles. The number of carbonyl (C=O) groups excluding carboxylic acids is 1. The Labute approximate surface area is 107 Å². The van der Waals surface area contributed by atoms with Crippen molar-refractivity contribution >= 4 is 5.97 Å². The van der Waals surface area contributed by atoms with Crippen LogP contribution in [0.15, 0.2) is 24.3 Å². The minimum atomic E-state index is -4.24. The Morgan fingerprint density at radius 3 is 2.63 bits per heavy atom. The fourth-order valence-corrected chi connectivity index (χ4v) is 1.17. The fraction of sp³-hybridized carbons (Fsp3) is 0.417. The number of halogens is 4. The molecule has 0 fully saturated rings. The van der Waals surface area contributed by atoms with E-state index in [1.807, 2.05) is 0 Å². The molecule has 106 valence electrons. The van der Waals surface area contributed by atoms with E-state index in [4.69, 9.17) is 4.74 Å². The zero-order valence-electron chi connectivity index (χ0n) is 10.0. The van der Waals surface area contributed by atoms with Crippen molar-refractivity contribution in [2.24, 2.45) is 0 Å². The highest BCUT2D eigenvalue weighted by atomic mass is 19.3. The molecular formula is C12H12F4O3. The van der Waals surface area contributed by atoms with Crippen LogP contribution in [-0.2, 0) is 4.74 Å². The number of hydrogen-bond acceptors (Lipinski definition) is 3. The zero-order valence-corrected chi connectivity index (χ0v) is 10.0. The van der Waals surface area contributed by atoms with E-state index in [2.05, 4.69) is 4.74 Å². The van der Waals surface area contributed by atoms with Crippen molar-refractivity contribution in [3.8, 4) is 5.75 Å². The molecule has 0 aromatic heterocycles. The van der Waals surface area contributed by atoms with Gasteiger partial charge in [-0.3, -0.25) is 0 Å². The van der Waals surface area contributed by atoms with Gasteiger partial charge in [-0.1, -0.05) is 6.07 Å². The monoisotopic (exact) mass is 280 g/mol. The summed E-state index contributed by atoms with van der Waals surface area (Å²) in [6.07, 6.45) is -3.80. The van der Waals surface area contributed by atoms with Gasteiger partial charge < -0.3 is 9.47 Å². The van der Waals surface area contributed by atoms with Crippen molar-refractivity contribution in [3.05, 3.63) is 29.8 Å². The summed E-state index contributed by atoms with van der Waals surface area (Å²) in [6.45, 7) is 0.311. The second-order valence-electron chi connectivity index (χ2n) is 3.60. The first kappa shape index (κ1) is 15.3. The lowest BCUT2D eigenvalue weighted by molar-refractivity contribution is -0.148. The van der Waals surface area contributed by atoms with Gasteiger partial charge in [-0.15, -0.1) is 0 Å². The summed E-state index contributed by atoms with van der Waals surface area (Å²) in [5.74, 6) is -4.99. The number of esters is 1. The van der Waals surface area contributed by atoms with E-state index in [1.165, 1.54) is 18.2 Å². The van der Waals surface area contributed by atoms with Crippen LogP contribution in [0.3, 0.4) is 0 Å². The van der Waals surface area contributed by atoms with Gasteiger partial charge >= 0.3 is 18.3 Å². The summed E-state index contributed by atoms with van der Waals surface area (Å²) in [5.41, 5.74) is 0.0970. The third kappa shape index (κ3) is 4.42. The Bertz CT molecular complexity index is 435. The van der Waals surface area contributed by atoms with Gasteiger partial charge in [-0.25, -0.2) is 13.6 Å². The van der Waals surface area contributed by atoms with Gasteiger partial charge in [0.15, 0.2) is 6.61 Å². The smallest absolute Gasteiger partial charge is 0.340 e. The number of benzene rings is 1. The van der Waals surface area contributed by atoms with E-state index >= 15 is 0 Å². The number of carbonyl (C=O) groups is 1. The van der Waals surface area contributed by atoms with E-state index in [1.54, 1.807) is 6.92 Å². The first-order chi connectivity index (χ1) is 8.86. The maximum atomic E-state index is 12.6. The largest absolute Gasteiger partial charge is 0.487 e. The van der Waals surface area contributed by atoms with Crippen LogP contribution < -0.4 is 4.74 Å². The van der Waals surface area contributed by atoms with Crippen molar-refractivity contribution in [3.63, 3.8) is 0 Å². The van der Waals surface area contributed by atoms with Crippen molar-refractivity contribution in [1.29, 1.82) is 0 Å². The van der Waals surface area contributed by atoms with Crippen molar-refractivity contribution < 1.29 is 31.8 Å². The SMILES string of the molecule is CCOC(=O)c1cccc(OCC(F)(F)C(F)F)c1. The first-order valence-corrected chi connectivity index (χ1v) is 5.42. The normalized spacial score (nSPS) is 11.5. The molecule has 0 radical (unpaired) electrons. The molecule has 0 N–H and O–H groups in total. The van der Waals surface area contributed by atoms with Crippen LogP contribution in [0.5, 0.6) is 5.75 Å². The third-order valence-corrected chi connectivity index (χ3v) is 2.10. The predicted octanol–water partition coefficient (Wildman–Crippen LogP) is 3.14. The predicted molar refractivity (Wildman–Crippen MR) is 58.8 cm³/mol. The van der Waals surface area contributed by atoms with Gasteiger partial charge in [-0.2, -0.15) is 8.78 Å². The van der Waals surface area contributed by atoms with Crippen LogP contribution in [0.1, 0.15) is 17.3 Å². The summed E-state index contributed by atoms with van der Waals surface area (Å²) in [4.78, 5) is 11.4. The summed E-state index contributed by atoms with van der Waals surface area (Å²) in [6, 6.07) is 5.21. The highest BCUT2D eigenvalue weighted by Gasteiger charge is 2.41. The molecule has 0 aliphatic heterocycles. The standard InChI is InChI=1S/C12H12F4O3/c1-2-18-10(17)8-4-3-5-9(6-8)19-7-12(15,16)11(13)14/h3-6,11H,2,7H2,1H3. The highest BCUT2D eigenvalue weighted by Crippen LogP contribution is 2.24. The minimum absolute atomic E-state index is 0.0970. The Morgan fingerprint density at radius 2 is 2.05 bits per heavy atom. The average Bonchev–Trinajstić information content (AvgIpc) is 2.37. The van der Waals surface area contributed by atoms with E-state index in [9.17, 15) is 22.4 Å². The number of ether oxygens (including phenoxy) is 2. The molecule has 19 heavy (non-hydrogen) atoms. The molecule has 0 aliphatic carbocycles. The van der Waals surface area contributed by atoms with E-state index < -0.39 is 24.9 Å². The lowest BCUT2D eigenvalue weighted by Crippen LogP contribution is -2.33. The average molecular weight is 280 g/mol. The van der Waals surface area contributed by atoms with E-state index in [-0.39, 0.29) is 17.9 Å². The summed E-state index contributed by atoms with van der Waals surface area (Å²) in [7, 11) is 0. The second-order valence-corrected chi connectivity index (χ2v) is 3.60. The first-order valence-electron chi connectivity index (χ1n) is 5.42. The molecule has 0 spiro atoms. The Hall–Kier alpha value is -1.79. The topological polar surface area (TPSA) is 35.5 Å². The van der Waals surface area contributed by atoms with Crippen LogP contribution in [0, 0.1) is 0 Å². The zero-order chi connectivity index (χ0) is 14.5. The second kappa shape index (κ2) is 6.40. The van der Waals surface area contributed by atoms with Crippen LogP contribution >= 0.6 is 0 Å². The molecule has 1 aromatic rings. The molecule has 0 saturated heterocycles. The number of hydrogen-bond donors (Lipinski definition) is 0. The Kier molecular flexibility index (Phi) is 5.14. The molecule has 0 aliphatic rings. The summed E-state index contributed by atoms with van der Waals surface area (Å²) in [5, 5.41) is 0. The van der Waals surface area contributed by atoms with E-state index in [0.717, 1.165) is 6.07 Å². The third-order valence-electron chi connectivity index (χ3n) is 2.10. The molecule has 0 atom stereocenters. The molecule has 1 aromatic carbocycles. The molecule has 3 nitrogen and oxygen atoms in total. The molecule has 1 rings (SSSR count). The lowest BCUT2D eigenvalue weighted by Gasteiger charge is -2.16. The molecule has 0 unspecified atom stereocenters. The Morgan fingerprint density at radius 1 is 1.37 bits per heavy atom. The quantitative estimate of drug-likeness (QED) is 0.593. The molecular weight excluding hydrogens is 268 g/mol. The molecule has 0 bridgehead atoms. The lowest BCUT2D eigenvalue weighted by atomic mass is 10.2. The van der Waals surface area contributed by atoms with Gasteiger partial charge in [-0.05, 0) is 25.1 Å². The van der Waals surface area contributed by atoms with Crippen LogP contribution in [0.2, 0.25) is 0 Å². The van der Waals surface area contributed by atoms with Gasteiger partial charge in [0.05, 0.1) is 12.2 Å². The minimum Gasteiger partial charge on any atom is -0.487 e. The highest BCUT2D eigenvalue weighted by molar-refractivity contribution is 5.89.